The smallest absolute Gasteiger partial charge is 0.0837 e. The second kappa shape index (κ2) is 5.95. The summed E-state index contributed by atoms with van der Waals surface area (Å²) < 4.78 is 1.80. The Morgan fingerprint density at radius 2 is 2.11 bits per heavy atom. The van der Waals surface area contributed by atoms with Gasteiger partial charge in [0.1, 0.15) is 0 Å². The van der Waals surface area contributed by atoms with Crippen LogP contribution in [-0.2, 0) is 7.05 Å². The van der Waals surface area contributed by atoms with E-state index in [9.17, 15) is 0 Å². The van der Waals surface area contributed by atoms with Gasteiger partial charge in [-0.15, -0.1) is 0 Å². The fourth-order valence-electron chi connectivity index (χ4n) is 2.23. The van der Waals surface area contributed by atoms with Crippen LogP contribution in [-0.4, -0.2) is 16.3 Å². The van der Waals surface area contributed by atoms with E-state index in [2.05, 4.69) is 24.3 Å². The van der Waals surface area contributed by atoms with Gasteiger partial charge in [-0.2, -0.15) is 5.10 Å². The number of nitrogens with one attached hydrogen (secondary N) is 1. The summed E-state index contributed by atoms with van der Waals surface area (Å²) in [5, 5.41) is 9.04. The third kappa shape index (κ3) is 2.94. The number of halogens is 2. The first kappa shape index (κ1) is 14.4. The molecule has 0 aliphatic carbocycles. The number of hydrogen-bond donors (Lipinski definition) is 1. The van der Waals surface area contributed by atoms with Gasteiger partial charge < -0.3 is 5.32 Å². The molecule has 0 spiro atoms. The molecule has 1 aromatic carbocycles. The molecule has 5 heteroatoms. The van der Waals surface area contributed by atoms with Gasteiger partial charge >= 0.3 is 0 Å². The van der Waals surface area contributed by atoms with Crippen LogP contribution in [0.15, 0.2) is 24.4 Å². The monoisotopic (exact) mass is 297 g/mol. The van der Waals surface area contributed by atoms with Gasteiger partial charge in [-0.1, -0.05) is 36.2 Å². The van der Waals surface area contributed by atoms with Crippen LogP contribution in [0.3, 0.4) is 0 Å². The fraction of sp³-hybridized carbons (Fsp3) is 0.357. The minimum absolute atomic E-state index is 0.0105. The second-order valence-electron chi connectivity index (χ2n) is 4.49. The number of rotatable bonds is 4. The summed E-state index contributed by atoms with van der Waals surface area (Å²) >= 11 is 12.4. The lowest BCUT2D eigenvalue weighted by Gasteiger charge is -2.21. The zero-order valence-corrected chi connectivity index (χ0v) is 12.8. The zero-order valence-electron chi connectivity index (χ0n) is 11.2. The molecule has 19 heavy (non-hydrogen) atoms. The summed E-state index contributed by atoms with van der Waals surface area (Å²) in [6.07, 6.45) is 1.67. The maximum Gasteiger partial charge on any atom is 0.0837 e. The molecule has 1 heterocycles. The van der Waals surface area contributed by atoms with Crippen LogP contribution in [0.4, 0.5) is 0 Å². The minimum Gasteiger partial charge on any atom is -0.305 e. The van der Waals surface area contributed by atoms with Gasteiger partial charge in [-0.25, -0.2) is 0 Å². The Hall–Kier alpha value is -1.03. The first-order valence-electron chi connectivity index (χ1n) is 6.21. The van der Waals surface area contributed by atoms with E-state index in [1.165, 1.54) is 5.56 Å². The van der Waals surface area contributed by atoms with Gasteiger partial charge in [0, 0.05) is 12.1 Å². The van der Waals surface area contributed by atoms with Crippen LogP contribution >= 0.6 is 23.2 Å². The summed E-state index contributed by atoms with van der Waals surface area (Å²) in [5.74, 6) is 0. The number of benzene rings is 1. The summed E-state index contributed by atoms with van der Waals surface area (Å²) in [6, 6.07) is 5.89. The van der Waals surface area contributed by atoms with Crippen molar-refractivity contribution in [2.75, 3.05) is 6.54 Å². The largest absolute Gasteiger partial charge is 0.305 e. The highest BCUT2D eigenvalue weighted by Gasteiger charge is 2.21. The molecule has 0 aliphatic rings. The lowest BCUT2D eigenvalue weighted by atomic mass is 9.98. The van der Waals surface area contributed by atoms with Gasteiger partial charge in [0.05, 0.1) is 23.0 Å². The van der Waals surface area contributed by atoms with Crippen molar-refractivity contribution >= 4 is 23.2 Å². The average Bonchev–Trinajstić information content (AvgIpc) is 2.70. The fourth-order valence-corrected chi connectivity index (χ4v) is 2.68. The summed E-state index contributed by atoms with van der Waals surface area (Å²) in [6.45, 7) is 4.97. The van der Waals surface area contributed by atoms with Crippen molar-refractivity contribution in [3.8, 4) is 0 Å². The van der Waals surface area contributed by atoms with Gasteiger partial charge in [-0.3, -0.25) is 4.68 Å². The van der Waals surface area contributed by atoms with Gasteiger partial charge in [0.25, 0.3) is 0 Å². The number of aryl methyl sites for hydroxylation is 2. The second-order valence-corrected chi connectivity index (χ2v) is 5.34. The molecule has 2 rings (SSSR count). The van der Waals surface area contributed by atoms with Crippen molar-refractivity contribution in [1.82, 2.24) is 15.1 Å². The van der Waals surface area contributed by atoms with Crippen LogP contribution < -0.4 is 5.32 Å². The molecule has 0 bridgehead atoms. The molecular formula is C14H17Cl2N3. The van der Waals surface area contributed by atoms with E-state index in [1.807, 2.05) is 25.2 Å². The van der Waals surface area contributed by atoms with E-state index in [0.29, 0.717) is 5.02 Å². The van der Waals surface area contributed by atoms with Gasteiger partial charge in [-0.05, 0) is 36.7 Å². The molecule has 0 fully saturated rings. The number of nitrogens with zero attached hydrogens (tertiary/aromatic N) is 2. The maximum atomic E-state index is 6.26. The third-order valence-electron chi connectivity index (χ3n) is 3.17. The molecule has 0 saturated carbocycles. The average molecular weight is 298 g/mol. The summed E-state index contributed by atoms with van der Waals surface area (Å²) in [4.78, 5) is 0. The molecule has 102 valence electrons. The number of aromatic nitrogens is 2. The molecule has 1 atom stereocenters. The first-order valence-corrected chi connectivity index (χ1v) is 6.97. The molecule has 1 aromatic heterocycles. The lowest BCUT2D eigenvalue weighted by Crippen LogP contribution is -2.25. The molecule has 1 N–H and O–H groups in total. The number of hydrogen-bond acceptors (Lipinski definition) is 2. The van der Waals surface area contributed by atoms with Crippen molar-refractivity contribution in [2.45, 2.75) is 19.9 Å². The van der Waals surface area contributed by atoms with Gasteiger partial charge in [0.2, 0.25) is 0 Å². The predicted octanol–water partition coefficient (Wildman–Crippen LogP) is 3.73. The van der Waals surface area contributed by atoms with Crippen LogP contribution in [0.1, 0.15) is 29.8 Å². The van der Waals surface area contributed by atoms with Crippen molar-refractivity contribution in [2.24, 2.45) is 7.05 Å². The summed E-state index contributed by atoms with van der Waals surface area (Å²) in [7, 11) is 1.89. The highest BCUT2D eigenvalue weighted by molar-refractivity contribution is 6.31. The zero-order chi connectivity index (χ0) is 14.0. The van der Waals surface area contributed by atoms with Gasteiger partial charge in [0.15, 0.2) is 0 Å². The highest BCUT2D eigenvalue weighted by atomic mass is 35.5. The van der Waals surface area contributed by atoms with E-state index < -0.39 is 0 Å². The Bertz CT molecular complexity index is 559. The van der Waals surface area contributed by atoms with E-state index in [1.54, 1.807) is 10.9 Å². The van der Waals surface area contributed by atoms with Crippen LogP contribution in [0.2, 0.25) is 10.0 Å². The normalized spacial score (nSPS) is 12.7. The molecule has 0 radical (unpaired) electrons. The van der Waals surface area contributed by atoms with Crippen molar-refractivity contribution in [3.63, 3.8) is 0 Å². The molecule has 1 unspecified atom stereocenters. The molecule has 0 aliphatic heterocycles. The van der Waals surface area contributed by atoms with E-state index in [-0.39, 0.29) is 6.04 Å². The molecule has 0 amide bonds. The Kier molecular flexibility index (Phi) is 4.50. The minimum atomic E-state index is -0.0105. The Balaban J connectivity index is 2.54. The molecule has 2 aromatic rings. The molecule has 3 nitrogen and oxygen atoms in total. The molecular weight excluding hydrogens is 281 g/mol. The third-order valence-corrected chi connectivity index (χ3v) is 3.70. The molecule has 0 saturated heterocycles. The predicted molar refractivity (Wildman–Crippen MR) is 79.9 cm³/mol. The SMILES string of the molecule is CCNC(c1cc(Cl)ccc1C)c1c(Cl)cnn1C. The van der Waals surface area contributed by atoms with E-state index >= 15 is 0 Å². The highest BCUT2D eigenvalue weighted by Crippen LogP contribution is 2.31. The van der Waals surface area contributed by atoms with Crippen molar-refractivity contribution in [3.05, 3.63) is 51.3 Å². The van der Waals surface area contributed by atoms with E-state index in [4.69, 9.17) is 23.2 Å². The van der Waals surface area contributed by atoms with Crippen LogP contribution in [0, 0.1) is 6.92 Å². The topological polar surface area (TPSA) is 29.9 Å². The van der Waals surface area contributed by atoms with Crippen molar-refractivity contribution in [1.29, 1.82) is 0 Å². The van der Waals surface area contributed by atoms with Crippen LogP contribution in [0.25, 0.3) is 0 Å². The Labute approximate surface area is 123 Å². The maximum absolute atomic E-state index is 6.26. The quantitative estimate of drug-likeness (QED) is 0.932. The van der Waals surface area contributed by atoms with E-state index in [0.717, 1.165) is 22.8 Å². The Morgan fingerprint density at radius 3 is 2.68 bits per heavy atom. The van der Waals surface area contributed by atoms with Crippen molar-refractivity contribution < 1.29 is 0 Å². The first-order chi connectivity index (χ1) is 9.04. The lowest BCUT2D eigenvalue weighted by molar-refractivity contribution is 0.571. The summed E-state index contributed by atoms with van der Waals surface area (Å²) in [5.41, 5.74) is 3.25. The Morgan fingerprint density at radius 1 is 1.37 bits per heavy atom. The standard InChI is InChI=1S/C14H17Cl2N3/c1-4-17-13(14-12(16)8-18-19(14)3)11-7-10(15)6-5-9(11)2/h5-8,13,17H,4H2,1-3H3. The van der Waals surface area contributed by atoms with Crippen LogP contribution in [0.5, 0.6) is 0 Å².